The quantitative estimate of drug-likeness (QED) is 0.371. The maximum Gasteiger partial charge on any atom is 0.224 e. The lowest BCUT2D eigenvalue weighted by Gasteiger charge is -2.36. The van der Waals surface area contributed by atoms with Crippen molar-refractivity contribution in [1.29, 1.82) is 5.26 Å². The van der Waals surface area contributed by atoms with Gasteiger partial charge in [0.05, 0.1) is 37.2 Å². The van der Waals surface area contributed by atoms with Crippen LogP contribution in [-0.4, -0.2) is 64.9 Å². The molecule has 2 aliphatic rings. The second-order valence-corrected chi connectivity index (χ2v) is 9.96. The van der Waals surface area contributed by atoms with Gasteiger partial charge in [0.1, 0.15) is 29.7 Å². The Morgan fingerprint density at radius 3 is 2.77 bits per heavy atom. The Morgan fingerprint density at radius 2 is 1.95 bits per heavy atom. The first-order valence-electron chi connectivity index (χ1n) is 13.4. The van der Waals surface area contributed by atoms with Crippen LogP contribution in [0, 0.1) is 23.1 Å². The van der Waals surface area contributed by atoms with Crippen LogP contribution in [0.1, 0.15) is 24.4 Å². The van der Waals surface area contributed by atoms with Gasteiger partial charge in [-0.1, -0.05) is 18.2 Å². The Hall–Kier alpha value is -4.56. The van der Waals surface area contributed by atoms with E-state index in [-0.39, 0.29) is 30.2 Å². The number of rotatable bonds is 6. The minimum absolute atomic E-state index is 0.0364. The van der Waals surface area contributed by atoms with Crippen molar-refractivity contribution >= 4 is 23.2 Å². The van der Waals surface area contributed by atoms with E-state index in [1.807, 2.05) is 42.5 Å². The Labute approximate surface area is 231 Å². The molecule has 1 amide bonds. The Morgan fingerprint density at radius 1 is 1.10 bits per heavy atom. The number of amides is 1. The summed E-state index contributed by atoms with van der Waals surface area (Å²) in [6.07, 6.45) is 3.18. The van der Waals surface area contributed by atoms with E-state index in [2.05, 4.69) is 20.1 Å². The maximum absolute atomic E-state index is 14.0. The first kappa shape index (κ1) is 25.7. The summed E-state index contributed by atoms with van der Waals surface area (Å²) in [6.45, 7) is 3.07. The molecular formula is C29H29FN8O2. The molecule has 0 bridgehead atoms. The van der Waals surface area contributed by atoms with Crippen molar-refractivity contribution in [3.8, 4) is 17.5 Å². The molecule has 2 saturated heterocycles. The van der Waals surface area contributed by atoms with Gasteiger partial charge in [0.2, 0.25) is 5.91 Å². The highest BCUT2D eigenvalue weighted by Gasteiger charge is 2.28. The molecule has 0 spiro atoms. The number of nitriles is 1. The van der Waals surface area contributed by atoms with Gasteiger partial charge in [0.25, 0.3) is 0 Å². The number of fused-ring (bicyclic) bond motifs is 1. The molecule has 2 aliphatic heterocycles. The van der Waals surface area contributed by atoms with E-state index >= 15 is 0 Å². The Bertz CT molecular complexity index is 1560. The van der Waals surface area contributed by atoms with Crippen molar-refractivity contribution in [3.05, 3.63) is 72.2 Å². The number of anilines is 2. The van der Waals surface area contributed by atoms with Crippen molar-refractivity contribution in [2.45, 2.75) is 18.9 Å². The van der Waals surface area contributed by atoms with Gasteiger partial charge in [-0.3, -0.25) is 4.79 Å². The third-order valence-electron chi connectivity index (χ3n) is 7.53. The first-order valence-corrected chi connectivity index (χ1v) is 13.4. The SMILES string of the molecule is N#CCNC(=O)C1CCN(c2cccc(-c3cnc4ccc(N5CCOCC5c5cccc(F)c5)nn34)n2)CC1. The van der Waals surface area contributed by atoms with E-state index in [9.17, 15) is 9.18 Å². The number of morpholine rings is 1. The number of carbonyl (C=O) groups is 1. The number of hydrogen-bond donors (Lipinski definition) is 1. The predicted molar refractivity (Wildman–Crippen MR) is 147 cm³/mol. The topological polar surface area (TPSA) is 112 Å². The average molecular weight is 541 g/mol. The van der Waals surface area contributed by atoms with Crippen molar-refractivity contribution in [2.75, 3.05) is 49.2 Å². The molecule has 1 atom stereocenters. The van der Waals surface area contributed by atoms with Crippen molar-refractivity contribution < 1.29 is 13.9 Å². The summed E-state index contributed by atoms with van der Waals surface area (Å²) in [4.78, 5) is 26.1. The summed E-state index contributed by atoms with van der Waals surface area (Å²) in [5, 5.41) is 16.3. The lowest BCUT2D eigenvalue weighted by atomic mass is 9.96. The van der Waals surface area contributed by atoms with E-state index in [0.717, 1.165) is 28.6 Å². The molecule has 204 valence electrons. The number of hydrogen-bond acceptors (Lipinski definition) is 8. The highest BCUT2D eigenvalue weighted by atomic mass is 19.1. The van der Waals surface area contributed by atoms with Crippen LogP contribution in [0.5, 0.6) is 0 Å². The fourth-order valence-corrected chi connectivity index (χ4v) is 5.44. The van der Waals surface area contributed by atoms with E-state index in [1.165, 1.54) is 6.07 Å². The van der Waals surface area contributed by atoms with Gasteiger partial charge in [-0.2, -0.15) is 5.26 Å². The van der Waals surface area contributed by atoms with Crippen LogP contribution in [0.2, 0.25) is 0 Å². The summed E-state index contributed by atoms with van der Waals surface area (Å²) < 4.78 is 21.5. The highest BCUT2D eigenvalue weighted by molar-refractivity contribution is 5.79. The lowest BCUT2D eigenvalue weighted by Crippen LogP contribution is -2.41. The molecule has 6 rings (SSSR count). The molecule has 3 aromatic heterocycles. The Balaban J connectivity index is 1.25. The molecule has 0 aliphatic carbocycles. The van der Waals surface area contributed by atoms with Crippen LogP contribution in [-0.2, 0) is 9.53 Å². The van der Waals surface area contributed by atoms with Crippen LogP contribution in [0.25, 0.3) is 17.0 Å². The Kier molecular flexibility index (Phi) is 7.25. The fourth-order valence-electron chi connectivity index (χ4n) is 5.44. The minimum atomic E-state index is -0.277. The number of benzene rings is 1. The largest absolute Gasteiger partial charge is 0.377 e. The summed E-state index contributed by atoms with van der Waals surface area (Å²) in [6, 6.07) is 18.1. The zero-order valence-electron chi connectivity index (χ0n) is 21.9. The number of carbonyl (C=O) groups excluding carboxylic acids is 1. The number of pyridine rings is 1. The van der Waals surface area contributed by atoms with E-state index in [0.29, 0.717) is 51.3 Å². The number of piperidine rings is 1. The fraction of sp³-hybridized carbons (Fsp3) is 0.345. The molecule has 5 heterocycles. The molecule has 1 N–H and O–H groups in total. The molecule has 4 aromatic rings. The monoisotopic (exact) mass is 540 g/mol. The second-order valence-electron chi connectivity index (χ2n) is 9.96. The zero-order chi connectivity index (χ0) is 27.5. The summed E-state index contributed by atoms with van der Waals surface area (Å²) >= 11 is 0. The van der Waals surface area contributed by atoms with Gasteiger partial charge in [-0.25, -0.2) is 18.9 Å². The lowest BCUT2D eigenvalue weighted by molar-refractivity contribution is -0.125. The molecule has 0 radical (unpaired) electrons. The van der Waals surface area contributed by atoms with Gasteiger partial charge in [0, 0.05) is 25.6 Å². The molecule has 10 nitrogen and oxygen atoms in total. The number of halogens is 1. The maximum atomic E-state index is 14.0. The van der Waals surface area contributed by atoms with E-state index < -0.39 is 0 Å². The van der Waals surface area contributed by atoms with E-state index in [4.69, 9.17) is 20.1 Å². The molecule has 0 saturated carbocycles. The summed E-state index contributed by atoms with van der Waals surface area (Å²) in [7, 11) is 0. The second kappa shape index (κ2) is 11.3. The standard InChI is InChI=1S/C29H29FN8O2/c30-22-4-1-3-21(17-22)25-19-40-16-15-37(25)28-8-7-26-33-18-24(38(26)35-28)23-5-2-6-27(34-23)36-13-9-20(10-14-36)29(39)32-12-11-31/h1-8,17-18,20,25H,9-10,12-16,19H2,(H,32,39). The zero-order valence-corrected chi connectivity index (χ0v) is 21.9. The number of imidazole rings is 1. The first-order chi connectivity index (χ1) is 19.6. The van der Waals surface area contributed by atoms with Gasteiger partial charge in [-0.15, -0.1) is 5.10 Å². The number of nitrogens with one attached hydrogen (secondary N) is 1. The van der Waals surface area contributed by atoms with Gasteiger partial charge in [-0.05, 0) is 54.8 Å². The average Bonchev–Trinajstić information content (AvgIpc) is 3.43. The van der Waals surface area contributed by atoms with E-state index in [1.54, 1.807) is 22.8 Å². The molecule has 11 heteroatoms. The van der Waals surface area contributed by atoms with Crippen molar-refractivity contribution in [1.82, 2.24) is 24.9 Å². The molecule has 40 heavy (non-hydrogen) atoms. The highest BCUT2D eigenvalue weighted by Crippen LogP contribution is 2.30. The van der Waals surface area contributed by atoms with Crippen LogP contribution in [0.3, 0.4) is 0 Å². The molecule has 2 fully saturated rings. The van der Waals surface area contributed by atoms with Crippen LogP contribution < -0.4 is 15.1 Å². The summed E-state index contributed by atoms with van der Waals surface area (Å²) in [5.74, 6) is 1.15. The number of nitrogens with zero attached hydrogens (tertiary/aromatic N) is 7. The third-order valence-corrected chi connectivity index (χ3v) is 7.53. The minimum Gasteiger partial charge on any atom is -0.377 e. The molecule has 1 aromatic carbocycles. The van der Waals surface area contributed by atoms with Crippen LogP contribution in [0.4, 0.5) is 16.0 Å². The number of aromatic nitrogens is 4. The normalized spacial score (nSPS) is 18.1. The van der Waals surface area contributed by atoms with Crippen molar-refractivity contribution in [3.63, 3.8) is 0 Å². The third kappa shape index (κ3) is 5.18. The number of ether oxygens (including phenoxy) is 1. The summed E-state index contributed by atoms with van der Waals surface area (Å²) in [5.41, 5.74) is 3.05. The molecule has 1 unspecified atom stereocenters. The predicted octanol–water partition coefficient (Wildman–Crippen LogP) is 3.36. The van der Waals surface area contributed by atoms with Crippen LogP contribution >= 0.6 is 0 Å². The van der Waals surface area contributed by atoms with Gasteiger partial charge in [0.15, 0.2) is 5.65 Å². The van der Waals surface area contributed by atoms with Crippen LogP contribution in [0.15, 0.2) is 60.8 Å². The molecular weight excluding hydrogens is 511 g/mol. The smallest absolute Gasteiger partial charge is 0.224 e. The van der Waals surface area contributed by atoms with Crippen molar-refractivity contribution in [2.24, 2.45) is 5.92 Å². The van der Waals surface area contributed by atoms with Gasteiger partial charge >= 0.3 is 0 Å². The van der Waals surface area contributed by atoms with Gasteiger partial charge < -0.3 is 19.9 Å².